The molecule has 0 saturated heterocycles. The van der Waals surface area contributed by atoms with Crippen molar-refractivity contribution in [3.05, 3.63) is 280 Å². The molecule has 0 bridgehead atoms. The van der Waals surface area contributed by atoms with Crippen molar-refractivity contribution in [2.24, 2.45) is 0 Å². The van der Waals surface area contributed by atoms with Crippen LogP contribution < -0.4 is 0 Å². The largest absolute Gasteiger partial charge is 0.260 e. The van der Waals surface area contributed by atoms with E-state index in [9.17, 15) is 0 Å². The second kappa shape index (κ2) is 46.4. The van der Waals surface area contributed by atoms with Gasteiger partial charge in [0.25, 0.3) is 0 Å². The lowest BCUT2D eigenvalue weighted by atomic mass is 9.96. The number of hydrogen-bond donors (Lipinski definition) is 0. The first-order valence-electron chi connectivity index (χ1n) is 46.6. The Hall–Kier alpha value is -11.6. The summed E-state index contributed by atoms with van der Waals surface area (Å²) in [5.41, 5.74) is 23.5. The van der Waals surface area contributed by atoms with Gasteiger partial charge >= 0.3 is 0 Å². The lowest BCUT2D eigenvalue weighted by Crippen LogP contribution is -2.00. The molecule has 0 fully saturated rings. The number of pyridine rings is 9. The van der Waals surface area contributed by atoms with Crippen molar-refractivity contribution >= 4 is 87.0 Å². The van der Waals surface area contributed by atoms with E-state index in [1.807, 2.05) is 92.4 Å². The van der Waals surface area contributed by atoms with Gasteiger partial charge in [0.1, 0.15) is 11.3 Å². The molecule has 128 heavy (non-hydrogen) atoms. The molecule has 13 aromatic heterocycles. The van der Waals surface area contributed by atoms with E-state index in [1.54, 1.807) is 0 Å². The minimum absolute atomic E-state index is 0.361. The fraction of sp³-hybridized carbons (Fsp3) is 0.432. The van der Waals surface area contributed by atoms with Crippen molar-refractivity contribution in [2.75, 3.05) is 0 Å². The van der Waals surface area contributed by atoms with Gasteiger partial charge in [-0.15, -0.1) is 5.10 Å². The van der Waals surface area contributed by atoms with E-state index in [-0.39, 0.29) is 0 Å². The lowest BCUT2D eigenvalue weighted by molar-refractivity contribution is 0.779. The summed E-state index contributed by atoms with van der Waals surface area (Å²) in [7, 11) is 0. The third-order valence-corrected chi connectivity index (χ3v) is 22.6. The highest BCUT2D eigenvalue weighted by Gasteiger charge is 2.19. The molecular weight excluding hydrogens is 1570 g/mol. The van der Waals surface area contributed by atoms with Crippen LogP contribution >= 0.6 is 0 Å². The van der Waals surface area contributed by atoms with E-state index in [4.69, 9.17) is 0 Å². The topological polar surface area (TPSA) is 219 Å². The zero-order valence-electron chi connectivity index (χ0n) is 82.7. The predicted octanol–water partition coefficient (Wildman–Crippen LogP) is 30.4. The van der Waals surface area contributed by atoms with Crippen LogP contribution in [-0.2, 0) is 0 Å². The fourth-order valence-electron chi connectivity index (χ4n) is 14.8. The monoisotopic (exact) mass is 1710 g/mol. The number of benzene rings is 3. The number of hydrogen-bond acceptors (Lipinski definition) is 17. The van der Waals surface area contributed by atoms with Crippen molar-refractivity contribution in [1.82, 2.24) is 85.2 Å². The highest BCUT2D eigenvalue weighted by molar-refractivity contribution is 5.88. The van der Waals surface area contributed by atoms with Gasteiger partial charge in [0.15, 0.2) is 0 Å². The molecule has 0 saturated carbocycles. The number of fused-ring (bicyclic) bond motifs is 8. The molecule has 0 atom stereocenters. The SMILES string of the molecule is CC(C)c1cc2cccc(C(C)C)c2nn1.CC(C)c1cc2ccnc(C(C)C)c2cn1.CC(C)c1ccc2c(C(C)C)nccc2c1.CC(C)c1ccc2c(C(C)C)nccc2n1.CC(C)c1ccc2c(C(C)C)nncc2c1.CC(C)c1cnc2c(C(C)C)nccc2c1.CC(C)c1cnc2c(C(C)C)nccc2n1.CC(C)c1ncc2c(C(C)C)nccc2n1. The second-order valence-corrected chi connectivity index (χ2v) is 38.6. The molecule has 0 aliphatic rings. The molecule has 17 nitrogen and oxygen atoms in total. The van der Waals surface area contributed by atoms with E-state index in [2.05, 4.69) is 404 Å². The Morgan fingerprint density at radius 2 is 0.609 bits per heavy atom. The van der Waals surface area contributed by atoms with Crippen LogP contribution in [0.2, 0.25) is 0 Å². The summed E-state index contributed by atoms with van der Waals surface area (Å²) in [5, 5.41) is 29.1. The summed E-state index contributed by atoms with van der Waals surface area (Å²) in [6, 6.07) is 42.6. The van der Waals surface area contributed by atoms with Gasteiger partial charge in [-0.25, -0.2) is 15.0 Å². The van der Waals surface area contributed by atoms with Crippen LogP contribution in [0.5, 0.6) is 0 Å². The van der Waals surface area contributed by atoms with Gasteiger partial charge in [0, 0.05) is 122 Å². The normalized spacial score (nSPS) is 11.6. The molecule has 0 amide bonds. The van der Waals surface area contributed by atoms with E-state index in [0.717, 1.165) is 101 Å². The molecule has 0 aliphatic heterocycles. The van der Waals surface area contributed by atoms with E-state index in [0.29, 0.717) is 94.7 Å². The van der Waals surface area contributed by atoms with E-state index in [1.165, 1.54) is 76.4 Å². The molecule has 17 heteroatoms. The summed E-state index contributed by atoms with van der Waals surface area (Å²) in [4.78, 5) is 58.4. The quantitative estimate of drug-likeness (QED) is 0.0878. The molecule has 672 valence electrons. The number of nitrogens with zero attached hydrogens (tertiary/aromatic N) is 17. The van der Waals surface area contributed by atoms with Crippen molar-refractivity contribution in [2.45, 2.75) is 316 Å². The molecule has 16 rings (SSSR count). The summed E-state index contributed by atoms with van der Waals surface area (Å²) in [6.07, 6.45) is 20.7. The summed E-state index contributed by atoms with van der Waals surface area (Å²) < 4.78 is 0. The molecular formula is C111H143N17. The van der Waals surface area contributed by atoms with Crippen LogP contribution in [0.3, 0.4) is 0 Å². The van der Waals surface area contributed by atoms with E-state index >= 15 is 0 Å². The minimum atomic E-state index is 0.361. The first-order chi connectivity index (χ1) is 60.7. The van der Waals surface area contributed by atoms with Crippen LogP contribution in [0.15, 0.2) is 189 Å². The average molecular weight is 1720 g/mol. The maximum Gasteiger partial charge on any atom is 0.131 e. The van der Waals surface area contributed by atoms with Gasteiger partial charge in [-0.05, 0) is 195 Å². The first kappa shape index (κ1) is 100. The standard InChI is InChI=1S/C15H19N.5C14H18N2.2C13H17N3/c1-10(2)12-5-6-14-13(9-12)7-8-16-15(14)11(3)4;1-9(2)13-7-11-5-6-15-14(10(3)4)12(11)8-16-13;1-9(2)12-7-11-5-6-15-13(10(3)4)14(11)16-8-12;1-9(2)11-5-6-13-12(7-11)8-15-16-14(13)10(3)4;1-9(2)12-6-5-11-13(16-12)7-8-15-14(11)10(3)4;1-9(2)12-7-5-6-11-8-13(10(3)4)15-16-14(11)12;1-8(2)12-10-7-15-13(9(3)4)16-11(10)5-6-14-12;1-8(2)11-7-15-13-10(16-11)5-6-14-12(13)9(3)4/h5-11H,1-4H3;5*5-10H,1-4H3;2*5-9H,1-4H3. The first-order valence-corrected chi connectivity index (χ1v) is 46.6. The van der Waals surface area contributed by atoms with Gasteiger partial charge in [0.05, 0.1) is 85.0 Å². The number of aromatic nitrogens is 17. The van der Waals surface area contributed by atoms with Crippen LogP contribution in [0.25, 0.3) is 87.0 Å². The highest BCUT2D eigenvalue weighted by atomic mass is 15.1. The van der Waals surface area contributed by atoms with E-state index < -0.39 is 0 Å². The van der Waals surface area contributed by atoms with Crippen LogP contribution in [0.1, 0.15) is 407 Å². The molecule has 13 heterocycles. The van der Waals surface area contributed by atoms with Gasteiger partial charge in [-0.1, -0.05) is 270 Å². The Kier molecular flexibility index (Phi) is 36.3. The zero-order chi connectivity index (χ0) is 93.7. The summed E-state index contributed by atoms with van der Waals surface area (Å²) >= 11 is 0. The van der Waals surface area contributed by atoms with Gasteiger partial charge in [-0.2, -0.15) is 15.3 Å². The zero-order valence-corrected chi connectivity index (χ0v) is 82.7. The van der Waals surface area contributed by atoms with Crippen LogP contribution in [0.4, 0.5) is 0 Å². The molecule has 0 aliphatic carbocycles. The minimum Gasteiger partial charge on any atom is -0.260 e. The van der Waals surface area contributed by atoms with Crippen LogP contribution in [0, 0.1) is 0 Å². The predicted molar refractivity (Wildman–Crippen MR) is 540 cm³/mol. The Bertz CT molecular complexity index is 5150. The summed E-state index contributed by atoms with van der Waals surface area (Å²) in [5.74, 6) is 8.16. The Morgan fingerprint density at radius 3 is 1.13 bits per heavy atom. The molecule has 0 radical (unpaired) electrons. The second-order valence-electron chi connectivity index (χ2n) is 38.6. The van der Waals surface area contributed by atoms with Crippen LogP contribution in [-0.4, -0.2) is 85.2 Å². The van der Waals surface area contributed by atoms with Gasteiger partial charge < -0.3 is 0 Å². The molecule has 0 unspecified atom stereocenters. The summed E-state index contributed by atoms with van der Waals surface area (Å²) in [6.45, 7) is 69.2. The molecule has 0 N–H and O–H groups in total. The Balaban J connectivity index is 0.000000165. The Labute approximate surface area is 764 Å². The average Bonchev–Trinajstić information content (AvgIpc) is 0.852. The highest BCUT2D eigenvalue weighted by Crippen LogP contribution is 2.34. The van der Waals surface area contributed by atoms with Gasteiger partial charge in [-0.3, -0.25) is 49.8 Å². The maximum atomic E-state index is 4.68. The molecule has 3 aromatic carbocycles. The van der Waals surface area contributed by atoms with Gasteiger partial charge in [0.2, 0.25) is 0 Å². The van der Waals surface area contributed by atoms with Crippen molar-refractivity contribution < 1.29 is 0 Å². The Morgan fingerprint density at radius 1 is 0.195 bits per heavy atom. The lowest BCUT2D eigenvalue weighted by Gasteiger charge is -2.11. The van der Waals surface area contributed by atoms with Crippen molar-refractivity contribution in [3.63, 3.8) is 0 Å². The van der Waals surface area contributed by atoms with Crippen molar-refractivity contribution in [1.29, 1.82) is 0 Å². The fourth-order valence-corrected chi connectivity index (χ4v) is 14.8. The number of rotatable bonds is 16. The molecule has 16 aromatic rings. The third-order valence-electron chi connectivity index (χ3n) is 22.6. The molecule has 0 spiro atoms. The third kappa shape index (κ3) is 26.3. The maximum absolute atomic E-state index is 4.68. The smallest absolute Gasteiger partial charge is 0.131 e. The van der Waals surface area contributed by atoms with Crippen molar-refractivity contribution in [3.8, 4) is 0 Å².